The molecule has 0 bridgehead atoms. The molecule has 31 heavy (non-hydrogen) atoms. The highest BCUT2D eigenvalue weighted by molar-refractivity contribution is 6.35. The summed E-state index contributed by atoms with van der Waals surface area (Å²) in [5.74, 6) is 0.539. The number of halogens is 2. The van der Waals surface area contributed by atoms with Gasteiger partial charge in [-0.2, -0.15) is 0 Å². The molecule has 0 radical (unpaired) electrons. The number of carbonyl (C=O) groups excluding carboxylic acids is 2. The third-order valence-electron chi connectivity index (χ3n) is 4.31. The van der Waals surface area contributed by atoms with Crippen LogP contribution in [0.2, 0.25) is 10.0 Å². The predicted octanol–water partition coefficient (Wildman–Crippen LogP) is 6.37. The number of carbonyl (C=O) groups is 2. The monoisotopic (exact) mass is 458 g/mol. The van der Waals surface area contributed by atoms with Gasteiger partial charge in [0.1, 0.15) is 17.2 Å². The Labute approximate surface area is 190 Å². The van der Waals surface area contributed by atoms with Crippen molar-refractivity contribution in [1.82, 2.24) is 0 Å². The van der Waals surface area contributed by atoms with Crippen LogP contribution in [0, 0.1) is 0 Å². The molecule has 0 aliphatic carbocycles. The lowest BCUT2D eigenvalue weighted by Crippen LogP contribution is -2.32. The zero-order valence-corrected chi connectivity index (χ0v) is 18.4. The van der Waals surface area contributed by atoms with Crippen molar-refractivity contribution >= 4 is 35.0 Å². The van der Waals surface area contributed by atoms with Gasteiger partial charge in [0, 0.05) is 10.6 Å². The molecule has 0 heterocycles. The Morgan fingerprint density at radius 3 is 2.10 bits per heavy atom. The number of hydrogen-bond acceptors (Lipinski definition) is 5. The summed E-state index contributed by atoms with van der Waals surface area (Å²) in [6.07, 6.45) is -1.82. The largest absolute Gasteiger partial charge is 0.479 e. The highest BCUT2D eigenvalue weighted by Gasteiger charge is 2.24. The van der Waals surface area contributed by atoms with Crippen molar-refractivity contribution < 1.29 is 23.8 Å². The lowest BCUT2D eigenvalue weighted by Gasteiger charge is -2.17. The van der Waals surface area contributed by atoms with Gasteiger partial charge in [-0.05, 0) is 56.3 Å². The maximum Gasteiger partial charge on any atom is 0.347 e. The van der Waals surface area contributed by atoms with Crippen LogP contribution in [0.4, 0.5) is 0 Å². The zero-order chi connectivity index (χ0) is 22.4. The van der Waals surface area contributed by atoms with Gasteiger partial charge in [0.25, 0.3) is 0 Å². The van der Waals surface area contributed by atoms with E-state index in [-0.39, 0.29) is 5.78 Å². The number of rotatable bonds is 8. The summed E-state index contributed by atoms with van der Waals surface area (Å²) >= 11 is 12.0. The number of Topliss-reactive ketones (excluding diaryl/α,β-unsaturated/α-hetero) is 1. The second-order valence-corrected chi connectivity index (χ2v) is 7.56. The number of ketones is 1. The molecule has 0 saturated carbocycles. The lowest BCUT2D eigenvalue weighted by molar-refractivity contribution is -0.153. The fraction of sp³-hybridized carbons (Fsp3) is 0.167. The first-order valence-electron chi connectivity index (χ1n) is 9.53. The highest BCUT2D eigenvalue weighted by Crippen LogP contribution is 2.32. The molecule has 7 heteroatoms. The summed E-state index contributed by atoms with van der Waals surface area (Å²) in [6.45, 7) is 3.09. The van der Waals surface area contributed by atoms with Gasteiger partial charge in [-0.15, -0.1) is 0 Å². The van der Waals surface area contributed by atoms with Crippen LogP contribution in [0.15, 0.2) is 72.8 Å². The van der Waals surface area contributed by atoms with E-state index in [4.69, 9.17) is 37.4 Å². The fourth-order valence-electron chi connectivity index (χ4n) is 2.68. The molecule has 0 fully saturated rings. The minimum atomic E-state index is -0.916. The molecular weight excluding hydrogens is 439 g/mol. The second-order valence-electron chi connectivity index (χ2n) is 6.72. The van der Waals surface area contributed by atoms with E-state index < -0.39 is 18.2 Å². The van der Waals surface area contributed by atoms with Gasteiger partial charge < -0.3 is 14.2 Å². The third-order valence-corrected chi connectivity index (χ3v) is 4.84. The first kappa shape index (κ1) is 22.7. The molecule has 3 aromatic rings. The zero-order valence-electron chi connectivity index (χ0n) is 16.9. The van der Waals surface area contributed by atoms with Gasteiger partial charge in [-0.25, -0.2) is 4.79 Å². The molecule has 2 atom stereocenters. The molecule has 3 aromatic carbocycles. The van der Waals surface area contributed by atoms with Crippen molar-refractivity contribution in [2.24, 2.45) is 0 Å². The summed E-state index contributed by atoms with van der Waals surface area (Å²) < 4.78 is 16.6. The van der Waals surface area contributed by atoms with E-state index in [9.17, 15) is 9.59 Å². The van der Waals surface area contributed by atoms with Gasteiger partial charge in [-0.1, -0.05) is 53.5 Å². The Hall–Kier alpha value is -3.02. The molecule has 0 aromatic heterocycles. The second kappa shape index (κ2) is 10.3. The van der Waals surface area contributed by atoms with E-state index in [0.29, 0.717) is 32.9 Å². The van der Waals surface area contributed by atoms with Gasteiger partial charge in [0.05, 0.1) is 5.02 Å². The quantitative estimate of drug-likeness (QED) is 0.290. The molecule has 5 nitrogen and oxygen atoms in total. The van der Waals surface area contributed by atoms with Gasteiger partial charge in [-0.3, -0.25) is 4.79 Å². The molecule has 0 aliphatic heterocycles. The van der Waals surface area contributed by atoms with Gasteiger partial charge in [0.2, 0.25) is 5.78 Å². The minimum Gasteiger partial charge on any atom is -0.479 e. The van der Waals surface area contributed by atoms with Crippen molar-refractivity contribution in [3.8, 4) is 17.2 Å². The maximum absolute atomic E-state index is 12.3. The number of esters is 1. The molecular formula is C24H20Cl2O5. The summed E-state index contributed by atoms with van der Waals surface area (Å²) in [5.41, 5.74) is 0.479. The number of hydrogen-bond donors (Lipinski definition) is 0. The van der Waals surface area contributed by atoms with E-state index >= 15 is 0 Å². The highest BCUT2D eigenvalue weighted by atomic mass is 35.5. The standard InChI is InChI=1S/C24H20Cl2O5/c1-15(23(27)17-6-4-3-5-7-17)30-24(28)16(2)29-19-9-11-20(12-10-19)31-22-13-8-18(25)14-21(22)26/h3-16H,1-2H3. The normalized spacial score (nSPS) is 12.5. The van der Waals surface area contributed by atoms with Crippen LogP contribution < -0.4 is 9.47 Å². The van der Waals surface area contributed by atoms with Crippen molar-refractivity contribution in [3.63, 3.8) is 0 Å². The Kier molecular flexibility index (Phi) is 7.55. The average Bonchev–Trinajstić information content (AvgIpc) is 2.77. The van der Waals surface area contributed by atoms with Gasteiger partial charge in [0.15, 0.2) is 12.2 Å². The topological polar surface area (TPSA) is 61.8 Å². The molecule has 160 valence electrons. The van der Waals surface area contributed by atoms with Crippen LogP contribution in [0.1, 0.15) is 24.2 Å². The number of ether oxygens (including phenoxy) is 3. The molecule has 2 unspecified atom stereocenters. The summed E-state index contributed by atoms with van der Waals surface area (Å²) in [4.78, 5) is 24.7. The van der Waals surface area contributed by atoms with Crippen LogP contribution in [-0.2, 0) is 9.53 Å². The van der Waals surface area contributed by atoms with Crippen LogP contribution >= 0.6 is 23.2 Å². The summed E-state index contributed by atoms with van der Waals surface area (Å²) in [6, 6.07) is 20.3. The summed E-state index contributed by atoms with van der Waals surface area (Å²) in [5, 5.41) is 0.908. The molecule has 0 spiro atoms. The van der Waals surface area contributed by atoms with Crippen molar-refractivity contribution in [1.29, 1.82) is 0 Å². The first-order chi connectivity index (χ1) is 14.8. The average molecular weight is 459 g/mol. The number of benzene rings is 3. The summed E-state index contributed by atoms with van der Waals surface area (Å²) in [7, 11) is 0. The lowest BCUT2D eigenvalue weighted by atomic mass is 10.1. The smallest absolute Gasteiger partial charge is 0.347 e. The van der Waals surface area contributed by atoms with E-state index in [1.807, 2.05) is 6.07 Å². The van der Waals surface area contributed by atoms with Crippen LogP contribution in [0.25, 0.3) is 0 Å². The Morgan fingerprint density at radius 2 is 1.45 bits per heavy atom. The van der Waals surface area contributed by atoms with E-state index in [1.165, 1.54) is 6.92 Å². The molecule has 0 N–H and O–H groups in total. The fourth-order valence-corrected chi connectivity index (χ4v) is 3.13. The minimum absolute atomic E-state index is 0.275. The van der Waals surface area contributed by atoms with Crippen LogP contribution in [0.3, 0.4) is 0 Å². The van der Waals surface area contributed by atoms with Crippen LogP contribution in [-0.4, -0.2) is 24.0 Å². The first-order valence-corrected chi connectivity index (χ1v) is 10.3. The van der Waals surface area contributed by atoms with Crippen molar-refractivity contribution in [2.45, 2.75) is 26.1 Å². The van der Waals surface area contributed by atoms with E-state index in [1.54, 1.807) is 73.7 Å². The molecule has 0 aliphatic rings. The van der Waals surface area contributed by atoms with Crippen molar-refractivity contribution in [2.75, 3.05) is 0 Å². The maximum atomic E-state index is 12.3. The molecule has 0 saturated heterocycles. The Bertz CT molecular complexity index is 1050. The Morgan fingerprint density at radius 1 is 0.806 bits per heavy atom. The Balaban J connectivity index is 1.55. The predicted molar refractivity (Wildman–Crippen MR) is 119 cm³/mol. The molecule has 0 amide bonds. The SMILES string of the molecule is CC(Oc1ccc(Oc2ccc(Cl)cc2Cl)cc1)C(=O)OC(C)C(=O)c1ccccc1. The van der Waals surface area contributed by atoms with E-state index in [0.717, 1.165) is 0 Å². The van der Waals surface area contributed by atoms with Crippen LogP contribution in [0.5, 0.6) is 17.2 Å². The molecule has 3 rings (SSSR count). The van der Waals surface area contributed by atoms with Gasteiger partial charge >= 0.3 is 5.97 Å². The van der Waals surface area contributed by atoms with Crippen molar-refractivity contribution in [3.05, 3.63) is 88.4 Å². The third kappa shape index (κ3) is 6.23. The van der Waals surface area contributed by atoms with E-state index in [2.05, 4.69) is 0 Å².